The van der Waals surface area contributed by atoms with Crippen molar-refractivity contribution in [1.82, 2.24) is 0 Å². The van der Waals surface area contributed by atoms with E-state index in [4.69, 9.17) is 0 Å². The first-order valence-corrected chi connectivity index (χ1v) is 8.17. The lowest BCUT2D eigenvalue weighted by Gasteiger charge is -2.09. The molecule has 0 amide bonds. The van der Waals surface area contributed by atoms with Crippen LogP contribution in [0.5, 0.6) is 0 Å². The molecule has 0 saturated heterocycles. The standard InChI is InChI=1S/C15H18N2O2S/c1-2-12-20(18,19)17-15-10-8-14(9-11-15)16-13-6-4-3-5-7-13/h3-11,16-17H,2,12H2,1H3. The van der Waals surface area contributed by atoms with Crippen molar-refractivity contribution in [1.29, 1.82) is 0 Å². The maximum Gasteiger partial charge on any atom is 0.232 e. The predicted molar refractivity (Wildman–Crippen MR) is 83.9 cm³/mol. The van der Waals surface area contributed by atoms with E-state index < -0.39 is 10.0 Å². The van der Waals surface area contributed by atoms with E-state index in [1.807, 2.05) is 49.4 Å². The number of benzene rings is 2. The molecule has 0 atom stereocenters. The normalized spacial score (nSPS) is 11.1. The van der Waals surface area contributed by atoms with Gasteiger partial charge in [0.1, 0.15) is 0 Å². The zero-order valence-electron chi connectivity index (χ0n) is 11.3. The van der Waals surface area contributed by atoms with E-state index in [0.717, 1.165) is 11.4 Å². The minimum Gasteiger partial charge on any atom is -0.356 e. The first kappa shape index (κ1) is 14.4. The van der Waals surface area contributed by atoms with Crippen LogP contribution in [0.15, 0.2) is 54.6 Å². The maximum atomic E-state index is 11.6. The number of hydrogen-bond donors (Lipinski definition) is 2. The van der Waals surface area contributed by atoms with Gasteiger partial charge in [0, 0.05) is 17.1 Å². The molecule has 4 nitrogen and oxygen atoms in total. The quantitative estimate of drug-likeness (QED) is 0.855. The van der Waals surface area contributed by atoms with Crippen LogP contribution in [0, 0.1) is 0 Å². The van der Waals surface area contributed by atoms with E-state index in [-0.39, 0.29) is 5.75 Å². The van der Waals surface area contributed by atoms with Gasteiger partial charge in [-0.15, -0.1) is 0 Å². The molecule has 0 aromatic heterocycles. The molecule has 2 rings (SSSR count). The average Bonchev–Trinajstić information content (AvgIpc) is 2.42. The van der Waals surface area contributed by atoms with E-state index in [1.165, 1.54) is 0 Å². The van der Waals surface area contributed by atoms with E-state index in [0.29, 0.717) is 12.1 Å². The smallest absolute Gasteiger partial charge is 0.232 e. The SMILES string of the molecule is CCCS(=O)(=O)Nc1ccc(Nc2ccccc2)cc1. The summed E-state index contributed by atoms with van der Waals surface area (Å²) >= 11 is 0. The summed E-state index contributed by atoms with van der Waals surface area (Å²) in [4.78, 5) is 0. The Morgan fingerprint density at radius 2 is 1.40 bits per heavy atom. The Balaban J connectivity index is 2.03. The van der Waals surface area contributed by atoms with Crippen LogP contribution in [0.2, 0.25) is 0 Å². The summed E-state index contributed by atoms with van der Waals surface area (Å²) in [7, 11) is -3.23. The third-order valence-corrected chi connectivity index (χ3v) is 4.19. The molecular formula is C15H18N2O2S. The van der Waals surface area contributed by atoms with Crippen molar-refractivity contribution in [2.45, 2.75) is 13.3 Å². The molecule has 0 saturated carbocycles. The molecule has 0 fully saturated rings. The van der Waals surface area contributed by atoms with Crippen molar-refractivity contribution in [2.24, 2.45) is 0 Å². The topological polar surface area (TPSA) is 58.2 Å². The van der Waals surface area contributed by atoms with Crippen LogP contribution in [-0.4, -0.2) is 14.2 Å². The van der Waals surface area contributed by atoms with Gasteiger partial charge in [0.05, 0.1) is 5.75 Å². The monoisotopic (exact) mass is 290 g/mol. The highest BCUT2D eigenvalue weighted by Crippen LogP contribution is 2.19. The molecule has 0 spiro atoms. The number of sulfonamides is 1. The minimum absolute atomic E-state index is 0.136. The summed E-state index contributed by atoms with van der Waals surface area (Å²) in [5.41, 5.74) is 2.48. The van der Waals surface area contributed by atoms with Gasteiger partial charge in [-0.25, -0.2) is 8.42 Å². The second-order valence-corrected chi connectivity index (χ2v) is 6.33. The molecule has 20 heavy (non-hydrogen) atoms. The van der Waals surface area contributed by atoms with Crippen molar-refractivity contribution in [3.8, 4) is 0 Å². The van der Waals surface area contributed by atoms with E-state index in [2.05, 4.69) is 10.0 Å². The van der Waals surface area contributed by atoms with Gasteiger partial charge in [-0.3, -0.25) is 4.72 Å². The number of anilines is 3. The fourth-order valence-electron chi connectivity index (χ4n) is 1.81. The molecule has 2 aromatic carbocycles. The fourth-order valence-corrected chi connectivity index (χ4v) is 2.94. The van der Waals surface area contributed by atoms with Crippen LogP contribution in [0.4, 0.5) is 17.1 Å². The zero-order valence-corrected chi connectivity index (χ0v) is 12.2. The summed E-state index contributed by atoms with van der Waals surface area (Å²) in [5.74, 6) is 0.136. The van der Waals surface area contributed by atoms with Crippen LogP contribution >= 0.6 is 0 Å². The molecule has 0 aliphatic carbocycles. The molecule has 5 heteroatoms. The number of rotatable bonds is 6. The Labute approximate surface area is 119 Å². The third-order valence-electron chi connectivity index (χ3n) is 2.69. The van der Waals surface area contributed by atoms with Crippen molar-refractivity contribution in [3.05, 3.63) is 54.6 Å². The highest BCUT2D eigenvalue weighted by molar-refractivity contribution is 7.92. The summed E-state index contributed by atoms with van der Waals surface area (Å²) in [6.45, 7) is 1.84. The lowest BCUT2D eigenvalue weighted by molar-refractivity contribution is 0.600. The van der Waals surface area contributed by atoms with Gasteiger partial charge in [0.15, 0.2) is 0 Å². The summed E-state index contributed by atoms with van der Waals surface area (Å²) in [6.07, 6.45) is 0.600. The van der Waals surface area contributed by atoms with Gasteiger partial charge in [0.25, 0.3) is 0 Å². The zero-order chi connectivity index (χ0) is 14.4. The van der Waals surface area contributed by atoms with Gasteiger partial charge in [-0.1, -0.05) is 25.1 Å². The Bertz CT molecular complexity index is 637. The Morgan fingerprint density at radius 3 is 2.00 bits per heavy atom. The van der Waals surface area contributed by atoms with Crippen molar-refractivity contribution >= 4 is 27.1 Å². The predicted octanol–water partition coefficient (Wildman–Crippen LogP) is 3.58. The third kappa shape index (κ3) is 4.28. The van der Waals surface area contributed by atoms with E-state index in [1.54, 1.807) is 12.1 Å². The van der Waals surface area contributed by atoms with Gasteiger partial charge < -0.3 is 5.32 Å². The summed E-state index contributed by atoms with van der Waals surface area (Å²) in [6, 6.07) is 17.0. The highest BCUT2D eigenvalue weighted by atomic mass is 32.2. The van der Waals surface area contributed by atoms with E-state index in [9.17, 15) is 8.42 Å². The van der Waals surface area contributed by atoms with Crippen LogP contribution in [0.1, 0.15) is 13.3 Å². The fraction of sp³-hybridized carbons (Fsp3) is 0.200. The van der Waals surface area contributed by atoms with Gasteiger partial charge in [-0.2, -0.15) is 0 Å². The molecule has 0 bridgehead atoms. The first-order valence-electron chi connectivity index (χ1n) is 6.52. The number of para-hydroxylation sites is 1. The molecule has 0 radical (unpaired) electrons. The van der Waals surface area contributed by atoms with Crippen LogP contribution in [0.25, 0.3) is 0 Å². The Kier molecular flexibility index (Phi) is 4.63. The minimum atomic E-state index is -3.23. The largest absolute Gasteiger partial charge is 0.356 e. The average molecular weight is 290 g/mol. The second kappa shape index (κ2) is 6.43. The second-order valence-electron chi connectivity index (χ2n) is 4.49. The number of nitrogens with one attached hydrogen (secondary N) is 2. The highest BCUT2D eigenvalue weighted by Gasteiger charge is 2.08. The Morgan fingerprint density at radius 1 is 0.850 bits per heavy atom. The number of hydrogen-bond acceptors (Lipinski definition) is 3. The van der Waals surface area contributed by atoms with Gasteiger partial charge >= 0.3 is 0 Å². The molecule has 0 heterocycles. The van der Waals surface area contributed by atoms with Crippen LogP contribution in [0.3, 0.4) is 0 Å². The van der Waals surface area contributed by atoms with Gasteiger partial charge in [-0.05, 0) is 42.8 Å². The van der Waals surface area contributed by atoms with Crippen molar-refractivity contribution in [3.63, 3.8) is 0 Å². The van der Waals surface area contributed by atoms with Crippen LogP contribution < -0.4 is 10.0 Å². The van der Waals surface area contributed by atoms with Crippen LogP contribution in [-0.2, 0) is 10.0 Å². The molecule has 0 unspecified atom stereocenters. The molecule has 106 valence electrons. The molecule has 2 aromatic rings. The van der Waals surface area contributed by atoms with E-state index >= 15 is 0 Å². The van der Waals surface area contributed by atoms with Crippen molar-refractivity contribution in [2.75, 3.05) is 15.8 Å². The molecule has 2 N–H and O–H groups in total. The molecule has 0 aliphatic rings. The van der Waals surface area contributed by atoms with Gasteiger partial charge in [0.2, 0.25) is 10.0 Å². The first-order chi connectivity index (χ1) is 9.59. The summed E-state index contributed by atoms with van der Waals surface area (Å²) < 4.78 is 25.9. The maximum absolute atomic E-state index is 11.6. The molecular weight excluding hydrogens is 272 g/mol. The Hall–Kier alpha value is -2.01. The van der Waals surface area contributed by atoms with Crippen molar-refractivity contribution < 1.29 is 8.42 Å². The molecule has 0 aliphatic heterocycles. The lowest BCUT2D eigenvalue weighted by Crippen LogP contribution is -2.15. The summed E-state index contributed by atoms with van der Waals surface area (Å²) in [5, 5.41) is 3.24. The lowest BCUT2D eigenvalue weighted by atomic mass is 10.2.